The first-order chi connectivity index (χ1) is 7.38. The van der Waals surface area contributed by atoms with E-state index in [0.29, 0.717) is 6.04 Å². The van der Waals surface area contributed by atoms with Crippen LogP contribution in [0.4, 0.5) is 0 Å². The van der Waals surface area contributed by atoms with E-state index >= 15 is 0 Å². The number of aryl methyl sites for hydroxylation is 1. The number of nitrogens with one attached hydrogen (secondary N) is 1. The van der Waals surface area contributed by atoms with Gasteiger partial charge < -0.3 is 5.32 Å². The van der Waals surface area contributed by atoms with Crippen LogP contribution < -0.4 is 5.32 Å². The summed E-state index contributed by atoms with van der Waals surface area (Å²) >= 11 is 6.43. The van der Waals surface area contributed by atoms with Crippen molar-refractivity contribution in [3.63, 3.8) is 0 Å². The molecule has 1 atom stereocenters. The van der Waals surface area contributed by atoms with Gasteiger partial charge in [-0.2, -0.15) is 0 Å². The summed E-state index contributed by atoms with van der Waals surface area (Å²) in [5.41, 5.74) is 5.64. The lowest BCUT2D eigenvalue weighted by molar-refractivity contribution is 0.447. The topological polar surface area (TPSA) is 12.0 Å². The minimum Gasteiger partial charge on any atom is -0.313 e. The first kappa shape index (κ1) is 11.9. The Bertz CT molecular complexity index is 435. The van der Waals surface area contributed by atoms with Crippen molar-refractivity contribution >= 4 is 11.6 Å². The molecule has 1 unspecified atom stereocenters. The molecule has 0 radical (unpaired) electrons. The van der Waals surface area contributed by atoms with E-state index < -0.39 is 0 Å². The Morgan fingerprint density at radius 2 is 2.00 bits per heavy atom. The lowest BCUT2D eigenvalue weighted by atomic mass is 9.85. The molecule has 0 aromatic heterocycles. The van der Waals surface area contributed by atoms with Gasteiger partial charge in [-0.25, -0.2) is 0 Å². The van der Waals surface area contributed by atoms with E-state index in [1.54, 1.807) is 0 Å². The third-order valence-electron chi connectivity index (χ3n) is 3.94. The van der Waals surface area contributed by atoms with Crippen molar-refractivity contribution in [1.82, 2.24) is 5.32 Å². The molecule has 0 saturated carbocycles. The van der Waals surface area contributed by atoms with Crippen molar-refractivity contribution in [2.75, 3.05) is 7.05 Å². The summed E-state index contributed by atoms with van der Waals surface area (Å²) in [6, 6.07) is 2.55. The predicted molar refractivity (Wildman–Crippen MR) is 70.4 cm³/mol. The third-order valence-corrected chi connectivity index (χ3v) is 4.23. The highest BCUT2D eigenvalue weighted by Crippen LogP contribution is 2.49. The molecule has 1 aliphatic rings. The van der Waals surface area contributed by atoms with Crippen LogP contribution >= 0.6 is 11.6 Å². The van der Waals surface area contributed by atoms with Gasteiger partial charge in [0.05, 0.1) is 0 Å². The zero-order chi connectivity index (χ0) is 12.1. The predicted octanol–water partition coefficient (Wildman–Crippen LogP) is 3.90. The SMILES string of the molecule is CNC1CC(C)(C)c2c(Cl)cc(C)c(C)c21. The van der Waals surface area contributed by atoms with Crippen LogP contribution in [0.15, 0.2) is 6.07 Å². The fourth-order valence-corrected chi connectivity index (χ4v) is 3.50. The summed E-state index contributed by atoms with van der Waals surface area (Å²) in [7, 11) is 2.03. The van der Waals surface area contributed by atoms with Crippen LogP contribution in [0.25, 0.3) is 0 Å². The summed E-state index contributed by atoms with van der Waals surface area (Å²) in [4.78, 5) is 0. The normalized spacial score (nSPS) is 22.2. The molecule has 0 spiro atoms. The maximum absolute atomic E-state index is 6.43. The van der Waals surface area contributed by atoms with Gasteiger partial charge in [0.15, 0.2) is 0 Å². The number of rotatable bonds is 1. The molecule has 1 nitrogen and oxygen atoms in total. The zero-order valence-corrected chi connectivity index (χ0v) is 11.5. The summed E-state index contributed by atoms with van der Waals surface area (Å²) in [6.07, 6.45) is 1.13. The second-order valence-corrected chi connectivity index (χ2v) is 5.93. The third kappa shape index (κ3) is 1.57. The lowest BCUT2D eigenvalue weighted by Gasteiger charge is -2.21. The first-order valence-corrected chi connectivity index (χ1v) is 6.23. The quantitative estimate of drug-likeness (QED) is 0.781. The maximum atomic E-state index is 6.43. The van der Waals surface area contributed by atoms with Gasteiger partial charge in [-0.3, -0.25) is 0 Å². The number of benzene rings is 1. The van der Waals surface area contributed by atoms with Crippen molar-refractivity contribution in [1.29, 1.82) is 0 Å². The molecule has 2 heteroatoms. The van der Waals surface area contributed by atoms with Gasteiger partial charge in [0.2, 0.25) is 0 Å². The van der Waals surface area contributed by atoms with E-state index in [9.17, 15) is 0 Å². The minimum atomic E-state index is 0.179. The van der Waals surface area contributed by atoms with Crippen molar-refractivity contribution in [3.05, 3.63) is 33.3 Å². The van der Waals surface area contributed by atoms with Crippen molar-refractivity contribution in [2.24, 2.45) is 0 Å². The highest BCUT2D eigenvalue weighted by Gasteiger charge is 2.39. The van der Waals surface area contributed by atoms with Crippen LogP contribution in [0.2, 0.25) is 5.02 Å². The van der Waals surface area contributed by atoms with Crippen LogP contribution in [-0.4, -0.2) is 7.05 Å². The van der Waals surface area contributed by atoms with Crippen LogP contribution in [0.3, 0.4) is 0 Å². The Hall–Kier alpha value is -0.530. The molecule has 1 aromatic rings. The van der Waals surface area contributed by atoms with E-state index in [2.05, 4.69) is 39.1 Å². The number of fused-ring (bicyclic) bond motifs is 1. The van der Waals surface area contributed by atoms with Crippen LogP contribution in [0.5, 0.6) is 0 Å². The van der Waals surface area contributed by atoms with Crippen molar-refractivity contribution < 1.29 is 0 Å². The molecular formula is C14H20ClN. The second kappa shape index (κ2) is 3.75. The Kier molecular flexibility index (Phi) is 2.80. The highest BCUT2D eigenvalue weighted by molar-refractivity contribution is 6.31. The second-order valence-electron chi connectivity index (χ2n) is 5.52. The fourth-order valence-electron chi connectivity index (χ4n) is 2.98. The molecule has 88 valence electrons. The molecule has 0 aliphatic heterocycles. The van der Waals surface area contributed by atoms with Crippen LogP contribution in [-0.2, 0) is 5.41 Å². The molecule has 1 aromatic carbocycles. The van der Waals surface area contributed by atoms with Gasteiger partial charge in [0.1, 0.15) is 0 Å². The average Bonchev–Trinajstić information content (AvgIpc) is 2.46. The molecule has 0 bridgehead atoms. The monoisotopic (exact) mass is 237 g/mol. The van der Waals surface area contributed by atoms with Gasteiger partial charge >= 0.3 is 0 Å². The Morgan fingerprint density at radius 1 is 1.38 bits per heavy atom. The molecule has 1 aliphatic carbocycles. The summed E-state index contributed by atoms with van der Waals surface area (Å²) in [5, 5.41) is 4.34. The first-order valence-electron chi connectivity index (χ1n) is 5.86. The molecule has 0 saturated heterocycles. The summed E-state index contributed by atoms with van der Waals surface area (Å²) in [5.74, 6) is 0. The van der Waals surface area contributed by atoms with Crippen LogP contribution in [0.1, 0.15) is 48.6 Å². The summed E-state index contributed by atoms with van der Waals surface area (Å²) in [6.45, 7) is 8.91. The van der Waals surface area contributed by atoms with E-state index in [1.807, 2.05) is 7.05 Å². The van der Waals surface area contributed by atoms with Gasteiger partial charge in [0, 0.05) is 11.1 Å². The molecule has 0 heterocycles. The molecule has 0 fully saturated rings. The van der Waals surface area contributed by atoms with Crippen LogP contribution in [0, 0.1) is 13.8 Å². The van der Waals surface area contributed by atoms with E-state index in [-0.39, 0.29) is 5.41 Å². The van der Waals surface area contributed by atoms with Gasteiger partial charge in [0.25, 0.3) is 0 Å². The standard InChI is InChI=1S/C14H20ClN/c1-8-6-10(15)13-12(9(8)2)11(16-5)7-14(13,3)4/h6,11,16H,7H2,1-5H3. The number of halogens is 1. The molecular weight excluding hydrogens is 218 g/mol. The van der Waals surface area contributed by atoms with E-state index in [0.717, 1.165) is 11.4 Å². The highest BCUT2D eigenvalue weighted by atomic mass is 35.5. The molecule has 0 amide bonds. The Labute approximate surface area is 103 Å². The Morgan fingerprint density at radius 3 is 2.56 bits per heavy atom. The molecule has 2 rings (SSSR count). The minimum absolute atomic E-state index is 0.179. The number of hydrogen-bond donors (Lipinski definition) is 1. The van der Waals surface area contributed by atoms with Gasteiger partial charge in [-0.1, -0.05) is 25.4 Å². The largest absolute Gasteiger partial charge is 0.313 e. The Balaban J connectivity index is 2.74. The van der Waals surface area contributed by atoms with Crippen molar-refractivity contribution in [2.45, 2.75) is 45.6 Å². The lowest BCUT2D eigenvalue weighted by Crippen LogP contribution is -2.17. The van der Waals surface area contributed by atoms with Gasteiger partial charge in [-0.05, 0) is 61.1 Å². The molecule has 16 heavy (non-hydrogen) atoms. The van der Waals surface area contributed by atoms with Gasteiger partial charge in [-0.15, -0.1) is 0 Å². The number of hydrogen-bond acceptors (Lipinski definition) is 1. The maximum Gasteiger partial charge on any atom is 0.0449 e. The van der Waals surface area contributed by atoms with E-state index in [1.165, 1.54) is 22.3 Å². The van der Waals surface area contributed by atoms with E-state index in [4.69, 9.17) is 11.6 Å². The summed E-state index contributed by atoms with van der Waals surface area (Å²) < 4.78 is 0. The average molecular weight is 238 g/mol. The fraction of sp³-hybridized carbons (Fsp3) is 0.571. The smallest absolute Gasteiger partial charge is 0.0449 e. The van der Waals surface area contributed by atoms with Crippen molar-refractivity contribution in [3.8, 4) is 0 Å². The molecule has 1 N–H and O–H groups in total. The zero-order valence-electron chi connectivity index (χ0n) is 10.7.